The van der Waals surface area contributed by atoms with Crippen LogP contribution in [0.2, 0.25) is 0 Å². The molecule has 0 radical (unpaired) electrons. The third kappa shape index (κ3) is 1.09. The molecule has 0 aliphatic heterocycles. The third-order valence-corrected chi connectivity index (χ3v) is 2.42. The Balaban J connectivity index is 2.64. The van der Waals surface area contributed by atoms with E-state index >= 15 is 0 Å². The molecule has 2 aromatic rings. The van der Waals surface area contributed by atoms with Crippen LogP contribution in [0.15, 0.2) is 12.4 Å². The SMILES string of the molecule is Cc1c(CC(=O)O)n(C)c2nccn12. The van der Waals surface area contributed by atoms with E-state index in [0.29, 0.717) is 0 Å². The molecule has 0 saturated carbocycles. The maximum absolute atomic E-state index is 10.6. The zero-order chi connectivity index (χ0) is 10.3. The smallest absolute Gasteiger partial charge is 0.309 e. The van der Waals surface area contributed by atoms with Gasteiger partial charge in [-0.1, -0.05) is 0 Å². The van der Waals surface area contributed by atoms with Crippen molar-refractivity contribution in [3.8, 4) is 0 Å². The Morgan fingerprint density at radius 2 is 2.36 bits per heavy atom. The van der Waals surface area contributed by atoms with Crippen molar-refractivity contribution in [2.75, 3.05) is 0 Å². The molecule has 0 fully saturated rings. The average Bonchev–Trinajstić information content (AvgIpc) is 2.65. The highest BCUT2D eigenvalue weighted by molar-refractivity contribution is 5.70. The summed E-state index contributed by atoms with van der Waals surface area (Å²) in [7, 11) is 1.83. The van der Waals surface area contributed by atoms with Crippen LogP contribution in [0.5, 0.6) is 0 Å². The van der Waals surface area contributed by atoms with Crippen molar-refractivity contribution in [1.82, 2.24) is 14.0 Å². The summed E-state index contributed by atoms with van der Waals surface area (Å²) in [6.45, 7) is 1.90. The Bertz CT molecular complexity index is 461. The van der Waals surface area contributed by atoms with Gasteiger partial charge in [-0.25, -0.2) is 4.98 Å². The molecule has 0 aliphatic rings. The zero-order valence-electron chi connectivity index (χ0n) is 8.06. The highest BCUT2D eigenvalue weighted by Gasteiger charge is 2.14. The van der Waals surface area contributed by atoms with E-state index in [1.54, 1.807) is 6.20 Å². The Kier molecular flexibility index (Phi) is 1.80. The standard InChI is InChI=1S/C9H11N3O2/c1-6-7(5-8(13)14)11(2)9-10-3-4-12(6)9/h3-4H,5H2,1-2H3,(H,13,14). The molecule has 0 spiro atoms. The molecular weight excluding hydrogens is 182 g/mol. The quantitative estimate of drug-likeness (QED) is 0.760. The van der Waals surface area contributed by atoms with Gasteiger partial charge in [0.25, 0.3) is 0 Å². The molecule has 2 rings (SSSR count). The van der Waals surface area contributed by atoms with E-state index in [0.717, 1.165) is 17.2 Å². The largest absolute Gasteiger partial charge is 0.481 e. The van der Waals surface area contributed by atoms with Crippen LogP contribution in [-0.4, -0.2) is 25.0 Å². The van der Waals surface area contributed by atoms with Crippen molar-refractivity contribution < 1.29 is 9.90 Å². The lowest BCUT2D eigenvalue weighted by atomic mass is 10.2. The average molecular weight is 193 g/mol. The third-order valence-electron chi connectivity index (χ3n) is 2.42. The van der Waals surface area contributed by atoms with Gasteiger partial charge >= 0.3 is 5.97 Å². The fourth-order valence-electron chi connectivity index (χ4n) is 1.70. The Hall–Kier alpha value is -1.78. The minimum Gasteiger partial charge on any atom is -0.481 e. The molecule has 0 aromatic carbocycles. The minimum absolute atomic E-state index is 0.0334. The first kappa shape index (κ1) is 8.80. The van der Waals surface area contributed by atoms with E-state index in [2.05, 4.69) is 4.98 Å². The van der Waals surface area contributed by atoms with Gasteiger partial charge in [0, 0.05) is 25.1 Å². The van der Waals surface area contributed by atoms with Gasteiger partial charge in [0.05, 0.1) is 12.1 Å². The number of fused-ring (bicyclic) bond motifs is 1. The van der Waals surface area contributed by atoms with Crippen LogP contribution in [0.1, 0.15) is 11.4 Å². The van der Waals surface area contributed by atoms with Gasteiger partial charge in [0.15, 0.2) is 0 Å². The lowest BCUT2D eigenvalue weighted by molar-refractivity contribution is -0.136. The summed E-state index contributed by atoms with van der Waals surface area (Å²) in [6, 6.07) is 0. The second-order valence-corrected chi connectivity index (χ2v) is 3.26. The molecule has 5 nitrogen and oxygen atoms in total. The monoisotopic (exact) mass is 193 g/mol. The van der Waals surface area contributed by atoms with Crippen LogP contribution in [0.25, 0.3) is 5.78 Å². The van der Waals surface area contributed by atoms with Gasteiger partial charge in [0.2, 0.25) is 5.78 Å². The second kappa shape index (κ2) is 2.87. The molecule has 2 heterocycles. The van der Waals surface area contributed by atoms with Crippen LogP contribution >= 0.6 is 0 Å². The van der Waals surface area contributed by atoms with Crippen LogP contribution in [0.4, 0.5) is 0 Å². The van der Waals surface area contributed by atoms with Crippen LogP contribution in [0, 0.1) is 6.92 Å². The Labute approximate surface area is 80.6 Å². The first-order valence-corrected chi connectivity index (χ1v) is 4.30. The second-order valence-electron chi connectivity index (χ2n) is 3.26. The van der Waals surface area contributed by atoms with Gasteiger partial charge in [-0.2, -0.15) is 0 Å². The van der Waals surface area contributed by atoms with Gasteiger partial charge in [0.1, 0.15) is 0 Å². The van der Waals surface area contributed by atoms with Crippen LogP contribution in [0.3, 0.4) is 0 Å². The number of hydrogen-bond acceptors (Lipinski definition) is 2. The molecule has 0 amide bonds. The number of nitrogens with zero attached hydrogens (tertiary/aromatic N) is 3. The number of carboxylic acid groups (broad SMARTS) is 1. The number of carbonyl (C=O) groups is 1. The van der Waals surface area contributed by atoms with E-state index in [4.69, 9.17) is 5.11 Å². The summed E-state index contributed by atoms with van der Waals surface area (Å²) in [5.74, 6) is -0.0456. The van der Waals surface area contributed by atoms with Crippen molar-refractivity contribution in [3.63, 3.8) is 0 Å². The molecule has 0 unspecified atom stereocenters. The maximum Gasteiger partial charge on any atom is 0.309 e. The number of aryl methyl sites for hydroxylation is 2. The predicted octanol–water partition coefficient (Wildman–Crippen LogP) is 0.608. The van der Waals surface area contributed by atoms with Crippen molar-refractivity contribution in [2.24, 2.45) is 7.05 Å². The lowest BCUT2D eigenvalue weighted by Crippen LogP contribution is -2.06. The molecule has 0 saturated heterocycles. The van der Waals surface area contributed by atoms with Crippen LogP contribution < -0.4 is 0 Å². The molecule has 14 heavy (non-hydrogen) atoms. The van der Waals surface area contributed by atoms with E-state index in [1.165, 1.54) is 0 Å². The highest BCUT2D eigenvalue weighted by atomic mass is 16.4. The molecule has 5 heteroatoms. The molecule has 0 bridgehead atoms. The molecule has 0 atom stereocenters. The number of aromatic nitrogens is 3. The first-order chi connectivity index (χ1) is 6.61. The topological polar surface area (TPSA) is 59.5 Å². The van der Waals surface area contributed by atoms with E-state index in [-0.39, 0.29) is 6.42 Å². The zero-order valence-corrected chi connectivity index (χ0v) is 8.06. The maximum atomic E-state index is 10.6. The summed E-state index contributed by atoms with van der Waals surface area (Å²) >= 11 is 0. The van der Waals surface area contributed by atoms with Gasteiger partial charge < -0.3 is 9.67 Å². The van der Waals surface area contributed by atoms with Crippen molar-refractivity contribution in [2.45, 2.75) is 13.3 Å². The van der Waals surface area contributed by atoms with E-state index < -0.39 is 5.97 Å². The molecule has 74 valence electrons. The van der Waals surface area contributed by atoms with Gasteiger partial charge in [-0.15, -0.1) is 0 Å². The first-order valence-electron chi connectivity index (χ1n) is 4.30. The normalized spacial score (nSPS) is 11.0. The lowest BCUT2D eigenvalue weighted by Gasteiger charge is -1.99. The fraction of sp³-hybridized carbons (Fsp3) is 0.333. The van der Waals surface area contributed by atoms with Crippen molar-refractivity contribution in [1.29, 1.82) is 0 Å². The number of carboxylic acids is 1. The Morgan fingerprint density at radius 1 is 1.64 bits per heavy atom. The number of imidazole rings is 2. The van der Waals surface area contributed by atoms with Crippen molar-refractivity contribution in [3.05, 3.63) is 23.8 Å². The number of hydrogen-bond donors (Lipinski definition) is 1. The Morgan fingerprint density at radius 3 is 2.93 bits per heavy atom. The predicted molar refractivity (Wildman–Crippen MR) is 50.2 cm³/mol. The molecular formula is C9H11N3O2. The minimum atomic E-state index is -0.822. The molecule has 1 N–H and O–H groups in total. The number of rotatable bonds is 2. The van der Waals surface area contributed by atoms with Gasteiger partial charge in [-0.05, 0) is 6.92 Å². The summed E-state index contributed by atoms with van der Waals surface area (Å²) in [5, 5.41) is 8.74. The van der Waals surface area contributed by atoms with E-state index in [1.807, 2.05) is 29.1 Å². The van der Waals surface area contributed by atoms with Gasteiger partial charge in [-0.3, -0.25) is 9.20 Å². The highest BCUT2D eigenvalue weighted by Crippen LogP contribution is 2.14. The molecule has 0 aliphatic carbocycles. The fourth-order valence-corrected chi connectivity index (χ4v) is 1.70. The number of aliphatic carboxylic acids is 1. The summed E-state index contributed by atoms with van der Waals surface area (Å²) in [6.07, 6.45) is 3.56. The summed E-state index contributed by atoms with van der Waals surface area (Å²) < 4.78 is 3.70. The van der Waals surface area contributed by atoms with Crippen LogP contribution in [-0.2, 0) is 18.3 Å². The summed E-state index contributed by atoms with van der Waals surface area (Å²) in [4.78, 5) is 14.8. The summed E-state index contributed by atoms with van der Waals surface area (Å²) in [5.41, 5.74) is 1.73. The van der Waals surface area contributed by atoms with Crippen molar-refractivity contribution >= 4 is 11.7 Å². The molecule has 2 aromatic heterocycles. The van der Waals surface area contributed by atoms with E-state index in [9.17, 15) is 4.79 Å².